The van der Waals surface area contributed by atoms with Gasteiger partial charge in [0, 0.05) is 10.9 Å². The summed E-state index contributed by atoms with van der Waals surface area (Å²) in [7, 11) is 0. The highest BCUT2D eigenvalue weighted by Gasteiger charge is 2.37. The maximum Gasteiger partial charge on any atom is 0.416 e. The van der Waals surface area contributed by atoms with E-state index >= 15 is 0 Å². The Labute approximate surface area is 167 Å². The Morgan fingerprint density at radius 3 is 2.07 bits per heavy atom. The number of thiazole rings is 1. The standard InChI is InChI=1S/C18H9F8N3S/c19-13-2-1-9(3-14(13)20)7-27-29-16-28-15(8-30-16)10-4-11(17(21,22)23)6-12(5-10)18(24,25)26/h1-8H,(H,28,29)/b27-7+. The molecule has 0 atom stereocenters. The van der Waals surface area contributed by atoms with Crippen molar-refractivity contribution in [3.05, 3.63) is 70.1 Å². The van der Waals surface area contributed by atoms with Gasteiger partial charge in [-0.05, 0) is 35.9 Å². The highest BCUT2D eigenvalue weighted by Crippen LogP contribution is 2.39. The number of nitrogens with zero attached hydrogens (tertiary/aromatic N) is 2. The van der Waals surface area contributed by atoms with E-state index in [1.165, 1.54) is 11.4 Å². The van der Waals surface area contributed by atoms with Gasteiger partial charge in [-0.1, -0.05) is 6.07 Å². The molecule has 30 heavy (non-hydrogen) atoms. The van der Waals surface area contributed by atoms with Gasteiger partial charge in [-0.2, -0.15) is 31.4 Å². The molecule has 0 bridgehead atoms. The number of benzene rings is 2. The van der Waals surface area contributed by atoms with Crippen LogP contribution in [-0.2, 0) is 12.4 Å². The molecular weight excluding hydrogens is 442 g/mol. The van der Waals surface area contributed by atoms with Crippen LogP contribution in [0.2, 0.25) is 0 Å². The molecule has 3 nitrogen and oxygen atoms in total. The first-order valence-corrected chi connectivity index (χ1v) is 8.81. The van der Waals surface area contributed by atoms with Crippen molar-refractivity contribution in [1.29, 1.82) is 0 Å². The predicted octanol–water partition coefficient (Wildman–Crippen LogP) is 6.57. The number of hydrogen-bond donors (Lipinski definition) is 1. The molecule has 3 aromatic rings. The molecule has 0 aliphatic rings. The quantitative estimate of drug-likeness (QED) is 0.277. The van der Waals surface area contributed by atoms with Crippen LogP contribution in [0.5, 0.6) is 0 Å². The molecule has 0 saturated heterocycles. The van der Waals surface area contributed by atoms with Crippen molar-refractivity contribution in [3.63, 3.8) is 0 Å². The van der Waals surface area contributed by atoms with Gasteiger partial charge in [0.15, 0.2) is 11.6 Å². The molecule has 0 amide bonds. The van der Waals surface area contributed by atoms with Crippen molar-refractivity contribution < 1.29 is 35.1 Å². The van der Waals surface area contributed by atoms with E-state index < -0.39 is 35.1 Å². The topological polar surface area (TPSA) is 37.3 Å². The smallest absolute Gasteiger partial charge is 0.253 e. The van der Waals surface area contributed by atoms with Crippen LogP contribution in [0.15, 0.2) is 46.9 Å². The fourth-order valence-corrected chi connectivity index (χ4v) is 2.98. The van der Waals surface area contributed by atoms with Crippen LogP contribution in [0.1, 0.15) is 16.7 Å². The largest absolute Gasteiger partial charge is 0.416 e. The number of rotatable bonds is 4. The van der Waals surface area contributed by atoms with Crippen molar-refractivity contribution in [2.45, 2.75) is 12.4 Å². The van der Waals surface area contributed by atoms with E-state index in [-0.39, 0.29) is 28.0 Å². The van der Waals surface area contributed by atoms with Gasteiger partial charge >= 0.3 is 12.4 Å². The number of aromatic nitrogens is 1. The molecule has 1 N–H and O–H groups in total. The predicted molar refractivity (Wildman–Crippen MR) is 95.1 cm³/mol. The van der Waals surface area contributed by atoms with E-state index in [4.69, 9.17) is 0 Å². The molecule has 0 fully saturated rings. The molecule has 0 aliphatic carbocycles. The van der Waals surface area contributed by atoms with Crippen molar-refractivity contribution in [3.8, 4) is 11.3 Å². The average Bonchev–Trinajstić information content (AvgIpc) is 3.12. The zero-order chi connectivity index (χ0) is 22.1. The van der Waals surface area contributed by atoms with Crippen molar-refractivity contribution in [2.75, 3.05) is 5.43 Å². The molecule has 0 radical (unpaired) electrons. The number of hydrazone groups is 1. The summed E-state index contributed by atoms with van der Waals surface area (Å²) in [5.41, 5.74) is -0.761. The zero-order valence-corrected chi connectivity index (χ0v) is 15.3. The number of halogens is 8. The van der Waals surface area contributed by atoms with Gasteiger partial charge in [0.25, 0.3) is 0 Å². The van der Waals surface area contributed by atoms with Gasteiger partial charge in [0.05, 0.1) is 23.0 Å². The Balaban J connectivity index is 1.84. The maximum atomic E-state index is 13.1. The first-order valence-electron chi connectivity index (χ1n) is 7.93. The highest BCUT2D eigenvalue weighted by molar-refractivity contribution is 7.14. The normalized spacial score (nSPS) is 12.5. The van der Waals surface area contributed by atoms with E-state index in [0.29, 0.717) is 12.1 Å². The Morgan fingerprint density at radius 1 is 0.867 bits per heavy atom. The van der Waals surface area contributed by atoms with Crippen LogP contribution in [0.4, 0.5) is 40.3 Å². The van der Waals surface area contributed by atoms with E-state index in [0.717, 1.165) is 29.7 Å². The summed E-state index contributed by atoms with van der Waals surface area (Å²) in [5.74, 6) is -2.12. The Hall–Kier alpha value is -3.02. The lowest BCUT2D eigenvalue weighted by atomic mass is 10.0. The SMILES string of the molecule is Fc1ccc(/C=N/Nc2nc(-c3cc(C(F)(F)F)cc(C(F)(F)F)c3)cs2)cc1F. The second kappa shape index (κ2) is 8.01. The number of alkyl halides is 6. The highest BCUT2D eigenvalue weighted by atomic mass is 32.1. The van der Waals surface area contributed by atoms with Crippen LogP contribution in [0.25, 0.3) is 11.3 Å². The number of anilines is 1. The molecule has 0 saturated carbocycles. The minimum absolute atomic E-state index is 0.0289. The third kappa shape index (κ3) is 5.12. The van der Waals surface area contributed by atoms with E-state index in [2.05, 4.69) is 15.5 Å². The van der Waals surface area contributed by atoms with Crippen molar-refractivity contribution in [1.82, 2.24) is 4.98 Å². The van der Waals surface area contributed by atoms with Crippen LogP contribution in [0.3, 0.4) is 0 Å². The lowest BCUT2D eigenvalue weighted by Crippen LogP contribution is -2.11. The van der Waals surface area contributed by atoms with Crippen LogP contribution in [-0.4, -0.2) is 11.2 Å². The summed E-state index contributed by atoms with van der Waals surface area (Å²) in [6.07, 6.45) is -8.81. The summed E-state index contributed by atoms with van der Waals surface area (Å²) in [5, 5.41) is 5.05. The van der Waals surface area contributed by atoms with E-state index in [9.17, 15) is 35.1 Å². The first-order chi connectivity index (χ1) is 13.9. The Morgan fingerprint density at radius 2 is 1.50 bits per heavy atom. The fraction of sp³-hybridized carbons (Fsp3) is 0.111. The second-order valence-electron chi connectivity index (χ2n) is 5.88. The van der Waals surface area contributed by atoms with E-state index in [1.807, 2.05) is 0 Å². The average molecular weight is 451 g/mol. The molecule has 158 valence electrons. The molecule has 2 aromatic carbocycles. The van der Waals surface area contributed by atoms with Crippen molar-refractivity contribution in [2.24, 2.45) is 5.10 Å². The van der Waals surface area contributed by atoms with Crippen molar-refractivity contribution >= 4 is 22.7 Å². The third-order valence-corrected chi connectivity index (χ3v) is 4.45. The summed E-state index contributed by atoms with van der Waals surface area (Å²) >= 11 is 0.879. The molecule has 0 spiro atoms. The Kier molecular flexibility index (Phi) is 5.79. The minimum Gasteiger partial charge on any atom is -0.253 e. The van der Waals surface area contributed by atoms with Gasteiger partial charge in [-0.15, -0.1) is 11.3 Å². The van der Waals surface area contributed by atoms with Crippen LogP contribution < -0.4 is 5.43 Å². The zero-order valence-electron chi connectivity index (χ0n) is 14.4. The Bertz CT molecular complexity index is 1050. The van der Waals surface area contributed by atoms with Gasteiger partial charge < -0.3 is 0 Å². The van der Waals surface area contributed by atoms with Crippen LogP contribution in [0, 0.1) is 11.6 Å². The molecule has 1 heterocycles. The monoisotopic (exact) mass is 451 g/mol. The molecular formula is C18H9F8N3S. The van der Waals surface area contributed by atoms with Gasteiger partial charge in [0.1, 0.15) is 0 Å². The summed E-state index contributed by atoms with van der Waals surface area (Å²) in [4.78, 5) is 3.91. The first kappa shape index (κ1) is 21.7. The summed E-state index contributed by atoms with van der Waals surface area (Å²) < 4.78 is 104. The summed E-state index contributed by atoms with van der Waals surface area (Å²) in [6.45, 7) is 0. The lowest BCUT2D eigenvalue weighted by Gasteiger charge is -2.13. The number of nitrogens with one attached hydrogen (secondary N) is 1. The van der Waals surface area contributed by atoms with Gasteiger partial charge in [0.2, 0.25) is 5.13 Å². The lowest BCUT2D eigenvalue weighted by molar-refractivity contribution is -0.143. The fourth-order valence-electron chi connectivity index (χ4n) is 2.32. The molecule has 0 aliphatic heterocycles. The summed E-state index contributed by atoms with van der Waals surface area (Å²) in [6, 6.07) is 4.19. The van der Waals surface area contributed by atoms with Crippen LogP contribution >= 0.6 is 11.3 Å². The molecule has 0 unspecified atom stereocenters. The second-order valence-corrected chi connectivity index (χ2v) is 6.73. The molecule has 3 rings (SSSR count). The number of hydrogen-bond acceptors (Lipinski definition) is 4. The third-order valence-electron chi connectivity index (χ3n) is 3.71. The maximum absolute atomic E-state index is 13.1. The van der Waals surface area contributed by atoms with Gasteiger partial charge in [-0.3, -0.25) is 5.43 Å². The van der Waals surface area contributed by atoms with Gasteiger partial charge in [-0.25, -0.2) is 13.8 Å². The molecule has 1 aromatic heterocycles. The molecule has 12 heteroatoms. The van der Waals surface area contributed by atoms with E-state index in [1.54, 1.807) is 0 Å². The minimum atomic E-state index is -4.97.